The Morgan fingerprint density at radius 3 is 1.48 bits per heavy atom. The van der Waals surface area contributed by atoms with Crippen LogP contribution < -0.4 is 10.4 Å². The molecule has 6 rings (SSSR count). The Morgan fingerprint density at radius 1 is 0.640 bits per heavy atom. The quantitative estimate of drug-likeness (QED) is 0.417. The van der Waals surface area contributed by atoms with Gasteiger partial charge in [-0.05, 0) is 41.9 Å². The SMILES string of the molecule is OB(O)c1cc2c3c(c1)Sc1cccc4c1N3c1c(cccc1S2)S4. The van der Waals surface area contributed by atoms with Crippen LogP contribution in [0.3, 0.4) is 0 Å². The zero-order valence-electron chi connectivity index (χ0n) is 12.8. The topological polar surface area (TPSA) is 43.7 Å². The molecule has 3 aromatic carbocycles. The lowest BCUT2D eigenvalue weighted by atomic mass is 9.80. The minimum absolute atomic E-state index is 0.541. The zero-order chi connectivity index (χ0) is 16.7. The van der Waals surface area contributed by atoms with Gasteiger partial charge in [0.1, 0.15) is 0 Å². The molecule has 3 aromatic rings. The van der Waals surface area contributed by atoms with Crippen LogP contribution in [-0.4, -0.2) is 17.2 Å². The molecular weight excluding hydrogens is 369 g/mol. The van der Waals surface area contributed by atoms with Crippen LogP contribution in [0.5, 0.6) is 0 Å². The summed E-state index contributed by atoms with van der Waals surface area (Å²) in [7, 11) is -1.46. The van der Waals surface area contributed by atoms with Crippen molar-refractivity contribution in [2.45, 2.75) is 29.4 Å². The van der Waals surface area contributed by atoms with Crippen molar-refractivity contribution in [2.75, 3.05) is 4.90 Å². The first-order valence-electron chi connectivity index (χ1n) is 7.84. The molecule has 7 heteroatoms. The van der Waals surface area contributed by atoms with Gasteiger partial charge >= 0.3 is 7.12 Å². The van der Waals surface area contributed by atoms with Crippen molar-refractivity contribution in [3.63, 3.8) is 0 Å². The fraction of sp³-hybridized carbons (Fsp3) is 0. The molecule has 0 spiro atoms. The molecule has 3 aliphatic heterocycles. The Labute approximate surface area is 157 Å². The van der Waals surface area contributed by atoms with E-state index < -0.39 is 7.12 Å². The smallest absolute Gasteiger partial charge is 0.423 e. The van der Waals surface area contributed by atoms with Crippen molar-refractivity contribution in [1.82, 2.24) is 0 Å². The highest BCUT2D eigenvalue weighted by molar-refractivity contribution is 8.01. The maximum Gasteiger partial charge on any atom is 0.488 e. The Bertz CT molecular complexity index is 1010. The summed E-state index contributed by atoms with van der Waals surface area (Å²) in [6.07, 6.45) is 0. The molecule has 2 N–H and O–H groups in total. The number of para-hydroxylation sites is 2. The van der Waals surface area contributed by atoms with Crippen LogP contribution in [0.15, 0.2) is 77.9 Å². The second-order valence-corrected chi connectivity index (χ2v) is 9.34. The number of benzene rings is 3. The minimum atomic E-state index is -1.46. The summed E-state index contributed by atoms with van der Waals surface area (Å²) in [4.78, 5) is 9.47. The average Bonchev–Trinajstić information content (AvgIpc) is 2.61. The first-order valence-corrected chi connectivity index (χ1v) is 10.3. The normalized spacial score (nSPS) is 15.0. The van der Waals surface area contributed by atoms with Crippen LogP contribution in [0.1, 0.15) is 0 Å². The van der Waals surface area contributed by atoms with Crippen molar-refractivity contribution in [2.24, 2.45) is 0 Å². The molecule has 0 saturated carbocycles. The Hall–Kier alpha value is -1.51. The van der Waals surface area contributed by atoms with Gasteiger partial charge in [0.15, 0.2) is 0 Å². The fourth-order valence-electron chi connectivity index (χ4n) is 3.59. The highest BCUT2D eigenvalue weighted by atomic mass is 32.2. The van der Waals surface area contributed by atoms with Gasteiger partial charge in [0.25, 0.3) is 0 Å². The van der Waals surface area contributed by atoms with E-state index in [4.69, 9.17) is 0 Å². The zero-order valence-corrected chi connectivity index (χ0v) is 15.2. The van der Waals surface area contributed by atoms with Crippen LogP contribution in [0.2, 0.25) is 0 Å². The van der Waals surface area contributed by atoms with Crippen LogP contribution >= 0.6 is 35.3 Å². The third-order valence-electron chi connectivity index (χ3n) is 4.61. The molecule has 0 unspecified atom stereocenters. The summed E-state index contributed by atoms with van der Waals surface area (Å²) in [6, 6.07) is 16.6. The van der Waals surface area contributed by atoms with Crippen LogP contribution in [0.25, 0.3) is 0 Å². The maximum atomic E-state index is 9.69. The van der Waals surface area contributed by atoms with Gasteiger partial charge in [-0.25, -0.2) is 0 Å². The van der Waals surface area contributed by atoms with E-state index in [9.17, 15) is 10.0 Å². The van der Waals surface area contributed by atoms with E-state index in [0.717, 1.165) is 9.79 Å². The number of rotatable bonds is 1. The molecular formula is C18H10BNO2S3. The molecule has 0 amide bonds. The third-order valence-corrected chi connectivity index (χ3v) is 7.87. The monoisotopic (exact) mass is 379 g/mol. The molecule has 3 aliphatic rings. The maximum absolute atomic E-state index is 9.69. The first-order chi connectivity index (χ1) is 12.2. The summed E-state index contributed by atoms with van der Waals surface area (Å²) < 4.78 is 0. The van der Waals surface area contributed by atoms with E-state index in [-0.39, 0.29) is 0 Å². The predicted molar refractivity (Wildman–Crippen MR) is 103 cm³/mol. The van der Waals surface area contributed by atoms with E-state index in [1.807, 2.05) is 23.9 Å². The Morgan fingerprint density at radius 2 is 1.04 bits per heavy atom. The highest BCUT2D eigenvalue weighted by Gasteiger charge is 2.39. The van der Waals surface area contributed by atoms with Crippen molar-refractivity contribution in [1.29, 1.82) is 0 Å². The predicted octanol–water partition coefficient (Wildman–Crippen LogP) is 4.23. The van der Waals surface area contributed by atoms with Gasteiger partial charge in [0.2, 0.25) is 0 Å². The molecule has 3 heterocycles. The lowest BCUT2D eigenvalue weighted by Crippen LogP contribution is -2.32. The molecule has 0 radical (unpaired) electrons. The highest BCUT2D eigenvalue weighted by Crippen LogP contribution is 2.65. The van der Waals surface area contributed by atoms with Gasteiger partial charge in [-0.3, -0.25) is 0 Å². The van der Waals surface area contributed by atoms with Crippen molar-refractivity contribution in [3.05, 3.63) is 48.5 Å². The van der Waals surface area contributed by atoms with Crippen LogP contribution in [0.4, 0.5) is 17.1 Å². The van der Waals surface area contributed by atoms with Crippen molar-refractivity contribution in [3.8, 4) is 0 Å². The minimum Gasteiger partial charge on any atom is -0.423 e. The first kappa shape index (κ1) is 14.6. The number of anilines is 3. The number of nitrogens with zero attached hydrogens (tertiary/aromatic N) is 1. The van der Waals surface area contributed by atoms with E-state index >= 15 is 0 Å². The van der Waals surface area contributed by atoms with Gasteiger partial charge < -0.3 is 14.9 Å². The second-order valence-electron chi connectivity index (χ2n) is 6.09. The number of hydrogen-bond donors (Lipinski definition) is 2. The molecule has 0 saturated heterocycles. The van der Waals surface area contributed by atoms with Crippen LogP contribution in [-0.2, 0) is 0 Å². The van der Waals surface area contributed by atoms with Gasteiger partial charge in [0.05, 0.1) is 17.1 Å². The summed E-state index contributed by atoms with van der Waals surface area (Å²) in [5, 5.41) is 19.4. The standard InChI is InChI=1S/C18H10BNO2S3/c21-19(22)9-7-14-18-15(8-9)25-13-6-2-4-11-17(13)20(18)16-10(23-11)3-1-5-12(16)24-14/h1-8,21-22H. The van der Waals surface area contributed by atoms with E-state index in [1.165, 1.54) is 36.6 Å². The molecule has 0 aromatic heterocycles. The second kappa shape index (κ2) is 5.02. The summed E-state index contributed by atoms with van der Waals surface area (Å²) >= 11 is 5.25. The molecule has 3 nitrogen and oxygen atoms in total. The van der Waals surface area contributed by atoms with Gasteiger partial charge in [-0.15, -0.1) is 0 Å². The molecule has 0 fully saturated rings. The van der Waals surface area contributed by atoms with Gasteiger partial charge in [-0.2, -0.15) is 0 Å². The third kappa shape index (κ3) is 1.90. The average molecular weight is 379 g/mol. The fourth-order valence-corrected chi connectivity index (χ4v) is 7.26. The Balaban J connectivity index is 1.73. The van der Waals surface area contributed by atoms with E-state index in [0.29, 0.717) is 5.46 Å². The van der Waals surface area contributed by atoms with Crippen LogP contribution in [0, 0.1) is 0 Å². The van der Waals surface area contributed by atoms with Gasteiger partial charge in [-0.1, -0.05) is 47.4 Å². The lowest BCUT2D eigenvalue weighted by molar-refractivity contribution is 0.425. The molecule has 0 aliphatic carbocycles. The van der Waals surface area contributed by atoms with Gasteiger partial charge in [0, 0.05) is 29.4 Å². The largest absolute Gasteiger partial charge is 0.488 e. The molecule has 25 heavy (non-hydrogen) atoms. The lowest BCUT2D eigenvalue weighted by Gasteiger charge is -2.42. The molecule has 120 valence electrons. The molecule has 0 bridgehead atoms. The van der Waals surface area contributed by atoms with Crippen molar-refractivity contribution >= 4 is 64.9 Å². The summed E-state index contributed by atoms with van der Waals surface area (Å²) in [5.74, 6) is 0. The van der Waals surface area contributed by atoms with E-state index in [1.54, 1.807) is 23.5 Å². The van der Waals surface area contributed by atoms with Crippen molar-refractivity contribution < 1.29 is 10.0 Å². The Kier molecular flexibility index (Phi) is 2.94. The summed E-state index contributed by atoms with van der Waals surface area (Å²) in [6.45, 7) is 0. The number of hydrogen-bond acceptors (Lipinski definition) is 6. The summed E-state index contributed by atoms with van der Waals surface area (Å²) in [5.41, 5.74) is 4.21. The van der Waals surface area contributed by atoms with E-state index in [2.05, 4.69) is 41.3 Å². The molecule has 0 atom stereocenters.